The third kappa shape index (κ3) is 5.54. The Labute approximate surface area is 62.1 Å². The first kappa shape index (κ1) is 9.40. The minimum Gasteiger partial charge on any atom is -0.359 e. The Bertz CT molecular complexity index is 108. The molecule has 10 heavy (non-hydrogen) atoms. The van der Waals surface area contributed by atoms with Crippen molar-refractivity contribution in [3.8, 4) is 0 Å². The second-order valence-corrected chi connectivity index (χ2v) is 1.90. The number of hydrogen-bond donors (Lipinski definition) is 0. The average molecular weight is 142 g/mol. The molecule has 0 aliphatic carbocycles. The molecule has 0 aliphatic rings. The van der Waals surface area contributed by atoms with Crippen molar-refractivity contribution in [2.24, 2.45) is 0 Å². The smallest absolute Gasteiger partial charge is 0.147 e. The van der Waals surface area contributed by atoms with Gasteiger partial charge in [0.15, 0.2) is 0 Å². The lowest BCUT2D eigenvalue weighted by Gasteiger charge is -2.05. The van der Waals surface area contributed by atoms with E-state index >= 15 is 0 Å². The van der Waals surface area contributed by atoms with Crippen LogP contribution in [0.5, 0.6) is 0 Å². The zero-order chi connectivity index (χ0) is 7.82. The number of allylic oxidation sites excluding steroid dienone is 2. The highest BCUT2D eigenvalue weighted by Crippen LogP contribution is 1.92. The summed E-state index contributed by atoms with van der Waals surface area (Å²) in [7, 11) is 1.60. The fourth-order valence-electron chi connectivity index (χ4n) is 0.466. The Morgan fingerprint density at radius 1 is 1.60 bits per heavy atom. The van der Waals surface area contributed by atoms with Crippen LogP contribution in [0.1, 0.15) is 6.92 Å². The predicted molar refractivity (Wildman–Crippen MR) is 41.8 cm³/mol. The standard InChI is InChI=1S/C8H14O2/c1-4-5-6-8(2)10-7-9-3/h4-6,8H,1,7H2,2-3H3/b6-5+/t8-/m1/s1. The molecule has 0 fully saturated rings. The summed E-state index contributed by atoms with van der Waals surface area (Å²) in [4.78, 5) is 0. The van der Waals surface area contributed by atoms with E-state index in [2.05, 4.69) is 6.58 Å². The molecule has 0 aliphatic heterocycles. The Morgan fingerprint density at radius 3 is 2.80 bits per heavy atom. The van der Waals surface area contributed by atoms with Gasteiger partial charge in [-0.25, -0.2) is 0 Å². The molecule has 58 valence electrons. The van der Waals surface area contributed by atoms with Crippen molar-refractivity contribution in [2.45, 2.75) is 13.0 Å². The zero-order valence-electron chi connectivity index (χ0n) is 6.54. The molecule has 0 aromatic rings. The molecule has 0 unspecified atom stereocenters. The van der Waals surface area contributed by atoms with Crippen LogP contribution in [-0.4, -0.2) is 20.0 Å². The minimum atomic E-state index is 0.0953. The number of hydrogen-bond acceptors (Lipinski definition) is 2. The summed E-state index contributed by atoms with van der Waals surface area (Å²) in [5, 5.41) is 0. The fourth-order valence-corrected chi connectivity index (χ4v) is 0.466. The van der Waals surface area contributed by atoms with Gasteiger partial charge in [-0.05, 0) is 6.92 Å². The Morgan fingerprint density at radius 2 is 2.30 bits per heavy atom. The predicted octanol–water partition coefficient (Wildman–Crippen LogP) is 1.74. The normalized spacial score (nSPS) is 13.8. The third-order valence-corrected chi connectivity index (χ3v) is 0.967. The molecule has 0 radical (unpaired) electrons. The van der Waals surface area contributed by atoms with E-state index in [0.717, 1.165) is 0 Å². The third-order valence-electron chi connectivity index (χ3n) is 0.967. The van der Waals surface area contributed by atoms with Crippen molar-refractivity contribution in [1.29, 1.82) is 0 Å². The molecule has 0 spiro atoms. The summed E-state index contributed by atoms with van der Waals surface area (Å²) in [5.74, 6) is 0. The minimum absolute atomic E-state index is 0.0953. The second-order valence-electron chi connectivity index (χ2n) is 1.90. The first-order chi connectivity index (χ1) is 4.81. The SMILES string of the molecule is C=C/C=C/[C@@H](C)OCOC. The van der Waals surface area contributed by atoms with Gasteiger partial charge in [-0.2, -0.15) is 0 Å². The van der Waals surface area contributed by atoms with Crippen LogP contribution in [0.4, 0.5) is 0 Å². The number of methoxy groups -OCH3 is 1. The van der Waals surface area contributed by atoms with Crippen LogP contribution in [0, 0.1) is 0 Å². The van der Waals surface area contributed by atoms with Gasteiger partial charge in [0, 0.05) is 7.11 Å². The van der Waals surface area contributed by atoms with Gasteiger partial charge in [0.25, 0.3) is 0 Å². The molecule has 0 aromatic carbocycles. The lowest BCUT2D eigenvalue weighted by atomic mass is 10.3. The molecule has 0 saturated carbocycles. The molecule has 0 N–H and O–H groups in total. The van der Waals surface area contributed by atoms with E-state index in [1.54, 1.807) is 13.2 Å². The maximum atomic E-state index is 5.14. The van der Waals surface area contributed by atoms with Crippen LogP contribution < -0.4 is 0 Å². The van der Waals surface area contributed by atoms with Crippen molar-refractivity contribution in [3.63, 3.8) is 0 Å². The van der Waals surface area contributed by atoms with Gasteiger partial charge >= 0.3 is 0 Å². The molecular weight excluding hydrogens is 128 g/mol. The van der Waals surface area contributed by atoms with Crippen molar-refractivity contribution in [1.82, 2.24) is 0 Å². The van der Waals surface area contributed by atoms with E-state index in [4.69, 9.17) is 9.47 Å². The summed E-state index contributed by atoms with van der Waals surface area (Å²) in [6, 6.07) is 0. The number of rotatable bonds is 5. The largest absolute Gasteiger partial charge is 0.359 e. The van der Waals surface area contributed by atoms with E-state index in [-0.39, 0.29) is 6.10 Å². The molecule has 2 heteroatoms. The molecule has 0 amide bonds. The lowest BCUT2D eigenvalue weighted by Crippen LogP contribution is -2.06. The van der Waals surface area contributed by atoms with Crippen LogP contribution in [0.3, 0.4) is 0 Å². The molecule has 0 rings (SSSR count). The highest BCUT2D eigenvalue weighted by Gasteiger charge is 1.92. The van der Waals surface area contributed by atoms with E-state index < -0.39 is 0 Å². The van der Waals surface area contributed by atoms with Gasteiger partial charge in [0.05, 0.1) is 6.10 Å². The summed E-state index contributed by atoms with van der Waals surface area (Å²) in [6.07, 6.45) is 5.57. The van der Waals surface area contributed by atoms with E-state index in [1.807, 2.05) is 19.1 Å². The lowest BCUT2D eigenvalue weighted by molar-refractivity contribution is -0.0495. The van der Waals surface area contributed by atoms with Crippen LogP contribution >= 0.6 is 0 Å². The van der Waals surface area contributed by atoms with Gasteiger partial charge in [-0.15, -0.1) is 0 Å². The topological polar surface area (TPSA) is 18.5 Å². The van der Waals surface area contributed by atoms with Gasteiger partial charge in [0.1, 0.15) is 6.79 Å². The first-order valence-electron chi connectivity index (χ1n) is 3.21. The second kappa shape index (κ2) is 6.52. The fraction of sp³-hybridized carbons (Fsp3) is 0.500. The van der Waals surface area contributed by atoms with Crippen molar-refractivity contribution >= 4 is 0 Å². The van der Waals surface area contributed by atoms with Crippen molar-refractivity contribution in [2.75, 3.05) is 13.9 Å². The molecule has 1 atom stereocenters. The Hall–Kier alpha value is -0.600. The highest BCUT2D eigenvalue weighted by atomic mass is 16.7. The Balaban J connectivity index is 3.32. The molecule has 0 heterocycles. The van der Waals surface area contributed by atoms with E-state index in [1.165, 1.54) is 0 Å². The molecule has 2 nitrogen and oxygen atoms in total. The average Bonchev–Trinajstić information content (AvgIpc) is 1.97. The van der Waals surface area contributed by atoms with Gasteiger partial charge in [-0.1, -0.05) is 24.8 Å². The van der Waals surface area contributed by atoms with Gasteiger partial charge < -0.3 is 9.47 Å². The first-order valence-corrected chi connectivity index (χ1v) is 3.21. The monoisotopic (exact) mass is 142 g/mol. The van der Waals surface area contributed by atoms with Crippen LogP contribution in [0.2, 0.25) is 0 Å². The van der Waals surface area contributed by atoms with E-state index in [9.17, 15) is 0 Å². The van der Waals surface area contributed by atoms with Gasteiger partial charge in [-0.3, -0.25) is 0 Å². The van der Waals surface area contributed by atoms with Crippen molar-refractivity contribution < 1.29 is 9.47 Å². The molecule has 0 aromatic heterocycles. The zero-order valence-corrected chi connectivity index (χ0v) is 6.54. The van der Waals surface area contributed by atoms with Gasteiger partial charge in [0.2, 0.25) is 0 Å². The van der Waals surface area contributed by atoms with Crippen LogP contribution in [-0.2, 0) is 9.47 Å². The van der Waals surface area contributed by atoms with Crippen LogP contribution in [0.15, 0.2) is 24.8 Å². The Kier molecular flexibility index (Phi) is 6.13. The summed E-state index contributed by atoms with van der Waals surface area (Å²) >= 11 is 0. The highest BCUT2D eigenvalue weighted by molar-refractivity contribution is 4.99. The van der Waals surface area contributed by atoms with Crippen molar-refractivity contribution in [3.05, 3.63) is 24.8 Å². The summed E-state index contributed by atoms with van der Waals surface area (Å²) in [6.45, 7) is 5.82. The number of ether oxygens (including phenoxy) is 2. The quantitative estimate of drug-likeness (QED) is 0.430. The maximum Gasteiger partial charge on any atom is 0.147 e. The van der Waals surface area contributed by atoms with Crippen LogP contribution in [0.25, 0.3) is 0 Å². The molecular formula is C8H14O2. The maximum absolute atomic E-state index is 5.14. The molecule has 0 saturated heterocycles. The summed E-state index contributed by atoms with van der Waals surface area (Å²) < 4.78 is 9.85. The summed E-state index contributed by atoms with van der Waals surface area (Å²) in [5.41, 5.74) is 0. The van der Waals surface area contributed by atoms with E-state index in [0.29, 0.717) is 6.79 Å². The molecule has 0 bridgehead atoms.